The monoisotopic (exact) mass is 244 g/mol. The van der Waals surface area contributed by atoms with Gasteiger partial charge in [-0.05, 0) is 20.1 Å². The third-order valence-corrected chi connectivity index (χ3v) is 2.71. The van der Waals surface area contributed by atoms with E-state index in [9.17, 15) is 4.39 Å². The van der Waals surface area contributed by atoms with Crippen molar-refractivity contribution in [2.75, 3.05) is 29.2 Å². The smallest absolute Gasteiger partial charge is 0.224 e. The van der Waals surface area contributed by atoms with Gasteiger partial charge in [0.2, 0.25) is 5.95 Å². The maximum absolute atomic E-state index is 13.4. The molecule has 0 fully saturated rings. The number of rotatable bonds is 6. The van der Waals surface area contributed by atoms with Crippen LogP contribution in [0.1, 0.15) is 13.8 Å². The van der Waals surface area contributed by atoms with Crippen molar-refractivity contribution < 1.29 is 4.39 Å². The summed E-state index contributed by atoms with van der Waals surface area (Å²) in [5.74, 6) is 1.19. The Hall–Kier alpha value is -1.04. The Bertz CT molecular complexity index is 335. The van der Waals surface area contributed by atoms with Crippen LogP contribution >= 0.6 is 11.8 Å². The van der Waals surface area contributed by atoms with Gasteiger partial charge in [0.1, 0.15) is 0 Å². The molecule has 0 radical (unpaired) electrons. The topological polar surface area (TPSA) is 49.8 Å². The van der Waals surface area contributed by atoms with Crippen LogP contribution in [0.15, 0.2) is 6.20 Å². The third kappa shape index (κ3) is 3.84. The van der Waals surface area contributed by atoms with E-state index in [-0.39, 0.29) is 11.9 Å². The van der Waals surface area contributed by atoms with Gasteiger partial charge in [-0.3, -0.25) is 0 Å². The second kappa shape index (κ2) is 6.52. The van der Waals surface area contributed by atoms with Gasteiger partial charge in [-0.2, -0.15) is 16.7 Å². The van der Waals surface area contributed by atoms with Crippen LogP contribution in [0.3, 0.4) is 0 Å². The lowest BCUT2D eigenvalue weighted by Crippen LogP contribution is -2.20. The Labute approximate surface area is 99.4 Å². The van der Waals surface area contributed by atoms with Crippen LogP contribution in [0.4, 0.5) is 16.2 Å². The second-order valence-corrected chi connectivity index (χ2v) is 4.33. The van der Waals surface area contributed by atoms with Crippen molar-refractivity contribution in [3.05, 3.63) is 12.0 Å². The maximum atomic E-state index is 13.4. The summed E-state index contributed by atoms with van der Waals surface area (Å²) in [6.07, 6.45) is 3.19. The van der Waals surface area contributed by atoms with Crippen LogP contribution in [0, 0.1) is 5.82 Å². The van der Waals surface area contributed by atoms with Crippen LogP contribution in [0.5, 0.6) is 0 Å². The fraction of sp³-hybridized carbons (Fsp3) is 0.600. The van der Waals surface area contributed by atoms with Crippen molar-refractivity contribution in [2.24, 2.45) is 0 Å². The van der Waals surface area contributed by atoms with Gasteiger partial charge in [0.25, 0.3) is 0 Å². The molecule has 0 spiro atoms. The van der Waals surface area contributed by atoms with E-state index < -0.39 is 5.82 Å². The highest BCUT2D eigenvalue weighted by Crippen LogP contribution is 2.13. The van der Waals surface area contributed by atoms with Crippen LogP contribution in [-0.4, -0.2) is 34.6 Å². The number of nitrogens with zero attached hydrogens (tertiary/aromatic N) is 2. The average Bonchev–Trinajstić information content (AvgIpc) is 2.24. The molecule has 0 aliphatic carbocycles. The number of thioether (sulfide) groups is 1. The lowest BCUT2D eigenvalue weighted by atomic mass is 10.4. The molecular formula is C10H17FN4S. The predicted molar refractivity (Wildman–Crippen MR) is 67.6 cm³/mol. The molecule has 0 amide bonds. The number of halogens is 1. The Balaban J connectivity index is 2.73. The van der Waals surface area contributed by atoms with E-state index in [2.05, 4.69) is 20.6 Å². The zero-order chi connectivity index (χ0) is 12.0. The Morgan fingerprint density at radius 3 is 2.94 bits per heavy atom. The largest absolute Gasteiger partial charge is 0.364 e. The fourth-order valence-electron chi connectivity index (χ4n) is 1.24. The first kappa shape index (κ1) is 13.0. The van der Waals surface area contributed by atoms with Crippen molar-refractivity contribution >= 4 is 23.5 Å². The first-order valence-corrected chi connectivity index (χ1v) is 6.58. The number of nitrogens with one attached hydrogen (secondary N) is 2. The Morgan fingerprint density at radius 2 is 2.31 bits per heavy atom. The van der Waals surface area contributed by atoms with E-state index in [1.807, 2.05) is 20.1 Å². The molecule has 90 valence electrons. The molecule has 0 aromatic carbocycles. The molecule has 16 heavy (non-hydrogen) atoms. The number of hydrogen-bond acceptors (Lipinski definition) is 5. The van der Waals surface area contributed by atoms with Gasteiger partial charge in [0.15, 0.2) is 11.6 Å². The molecule has 4 nitrogen and oxygen atoms in total. The summed E-state index contributed by atoms with van der Waals surface area (Å²) < 4.78 is 13.4. The summed E-state index contributed by atoms with van der Waals surface area (Å²) in [6.45, 7) is 4.65. The highest BCUT2D eigenvalue weighted by atomic mass is 32.2. The highest BCUT2D eigenvalue weighted by Gasteiger charge is 2.09. The van der Waals surface area contributed by atoms with Gasteiger partial charge in [0, 0.05) is 18.3 Å². The molecule has 1 aromatic rings. The Morgan fingerprint density at radius 1 is 1.56 bits per heavy atom. The number of aromatic nitrogens is 2. The molecule has 0 bridgehead atoms. The molecule has 6 heteroatoms. The number of hydrogen-bond donors (Lipinski definition) is 2. The third-order valence-electron chi connectivity index (χ3n) is 1.88. The van der Waals surface area contributed by atoms with Gasteiger partial charge in [-0.15, -0.1) is 0 Å². The van der Waals surface area contributed by atoms with E-state index in [1.165, 1.54) is 6.20 Å². The minimum absolute atomic E-state index is 0.175. The normalized spacial score (nSPS) is 12.2. The van der Waals surface area contributed by atoms with Crippen molar-refractivity contribution in [1.82, 2.24) is 9.97 Å². The molecule has 1 aromatic heterocycles. The lowest BCUT2D eigenvalue weighted by molar-refractivity contribution is 0.615. The number of anilines is 2. The summed E-state index contributed by atoms with van der Waals surface area (Å²) in [5, 5.41) is 5.97. The molecule has 0 aliphatic rings. The minimum Gasteiger partial charge on any atom is -0.364 e. The lowest BCUT2D eigenvalue weighted by Gasteiger charge is -2.14. The van der Waals surface area contributed by atoms with Gasteiger partial charge in [-0.25, -0.2) is 9.37 Å². The van der Waals surface area contributed by atoms with Crippen molar-refractivity contribution in [1.29, 1.82) is 0 Å². The molecule has 1 unspecified atom stereocenters. The molecule has 0 saturated carbocycles. The van der Waals surface area contributed by atoms with E-state index in [0.717, 1.165) is 5.75 Å². The predicted octanol–water partition coefficient (Wildman–Crippen LogP) is 2.21. The summed E-state index contributed by atoms with van der Waals surface area (Å²) in [6, 6.07) is 0.175. The average molecular weight is 244 g/mol. The van der Waals surface area contributed by atoms with E-state index in [0.29, 0.717) is 12.5 Å². The zero-order valence-corrected chi connectivity index (χ0v) is 10.6. The zero-order valence-electron chi connectivity index (χ0n) is 9.75. The van der Waals surface area contributed by atoms with Crippen molar-refractivity contribution in [2.45, 2.75) is 19.9 Å². The van der Waals surface area contributed by atoms with E-state index in [1.54, 1.807) is 11.8 Å². The quantitative estimate of drug-likeness (QED) is 0.803. The summed E-state index contributed by atoms with van der Waals surface area (Å²) in [4.78, 5) is 7.91. The molecule has 0 saturated heterocycles. The molecule has 2 N–H and O–H groups in total. The second-order valence-electron chi connectivity index (χ2n) is 3.42. The molecule has 1 rings (SSSR count). The van der Waals surface area contributed by atoms with Crippen LogP contribution in [0.2, 0.25) is 0 Å². The van der Waals surface area contributed by atoms with E-state index >= 15 is 0 Å². The SMILES string of the molecule is CCNc1ncc(F)c(NC(C)CSC)n1. The van der Waals surface area contributed by atoms with Gasteiger partial charge < -0.3 is 10.6 Å². The molecule has 1 heterocycles. The van der Waals surface area contributed by atoms with Gasteiger partial charge in [-0.1, -0.05) is 0 Å². The molecular weight excluding hydrogens is 227 g/mol. The van der Waals surface area contributed by atoms with Crippen LogP contribution in [0.25, 0.3) is 0 Å². The minimum atomic E-state index is -0.422. The molecule has 1 atom stereocenters. The van der Waals surface area contributed by atoms with Crippen LogP contribution in [-0.2, 0) is 0 Å². The van der Waals surface area contributed by atoms with Crippen LogP contribution < -0.4 is 10.6 Å². The standard InChI is InChI=1S/C10H17FN4S/c1-4-12-10-13-5-8(11)9(15-10)14-7(2)6-16-3/h5,7H,4,6H2,1-3H3,(H2,12,13,14,15). The molecule has 0 aliphatic heterocycles. The Kier molecular flexibility index (Phi) is 5.31. The van der Waals surface area contributed by atoms with Crippen molar-refractivity contribution in [3.8, 4) is 0 Å². The summed E-state index contributed by atoms with van der Waals surface area (Å²) in [7, 11) is 0. The van der Waals surface area contributed by atoms with Crippen molar-refractivity contribution in [3.63, 3.8) is 0 Å². The first-order valence-electron chi connectivity index (χ1n) is 5.19. The maximum Gasteiger partial charge on any atom is 0.224 e. The fourth-order valence-corrected chi connectivity index (χ4v) is 1.82. The van der Waals surface area contributed by atoms with Gasteiger partial charge in [0.05, 0.1) is 6.20 Å². The summed E-state index contributed by atoms with van der Waals surface area (Å²) >= 11 is 1.71. The highest BCUT2D eigenvalue weighted by molar-refractivity contribution is 7.98. The van der Waals surface area contributed by atoms with Gasteiger partial charge >= 0.3 is 0 Å². The van der Waals surface area contributed by atoms with E-state index in [4.69, 9.17) is 0 Å². The summed E-state index contributed by atoms with van der Waals surface area (Å²) in [5.41, 5.74) is 0. The first-order chi connectivity index (χ1) is 7.67.